The number of nitriles is 4. The van der Waals surface area contributed by atoms with Crippen molar-refractivity contribution in [2.45, 2.75) is 0 Å². The summed E-state index contributed by atoms with van der Waals surface area (Å²) in [4.78, 5) is 11.6. The number of nitrogens with zero attached hydrogens (tertiary/aromatic N) is 8. The van der Waals surface area contributed by atoms with E-state index < -0.39 is 80.6 Å². The molecular formula is C42H10F8N8. The zero-order valence-electron chi connectivity index (χ0n) is 28.4. The number of rotatable bonds is 4. The van der Waals surface area contributed by atoms with Crippen LogP contribution in [0.5, 0.6) is 0 Å². The zero-order valence-corrected chi connectivity index (χ0v) is 28.4. The van der Waals surface area contributed by atoms with Gasteiger partial charge in [0.15, 0.2) is 29.0 Å². The number of benzene rings is 3. The molecule has 8 nitrogen and oxygen atoms in total. The van der Waals surface area contributed by atoms with E-state index in [0.717, 1.165) is 12.1 Å². The maximum Gasteiger partial charge on any atom is 0.252 e. The molecule has 2 aromatic heterocycles. The van der Waals surface area contributed by atoms with E-state index in [4.69, 9.17) is 13.1 Å². The minimum Gasteiger partial charge on any atom is -0.238 e. The minimum atomic E-state index is -2.12. The maximum absolute atomic E-state index is 15.4. The van der Waals surface area contributed by atoms with Crippen molar-refractivity contribution in [3.63, 3.8) is 0 Å². The second-order valence-corrected chi connectivity index (χ2v) is 12.1. The summed E-state index contributed by atoms with van der Waals surface area (Å²) in [5.41, 5.74) is -8.02. The Labute approximate surface area is 321 Å². The van der Waals surface area contributed by atoms with Gasteiger partial charge in [0.2, 0.25) is 5.70 Å². The molecule has 0 unspecified atom stereocenters. The molecule has 2 aliphatic rings. The summed E-state index contributed by atoms with van der Waals surface area (Å²) < 4.78 is 120. The number of hydrogen-bond acceptors (Lipinski definition) is 6. The second-order valence-electron chi connectivity index (χ2n) is 12.1. The van der Waals surface area contributed by atoms with Gasteiger partial charge in [-0.3, -0.25) is 0 Å². The van der Waals surface area contributed by atoms with Crippen LogP contribution in [0, 0.1) is 106 Å². The van der Waals surface area contributed by atoms with E-state index >= 15 is 17.6 Å². The third-order valence-electron chi connectivity index (χ3n) is 9.24. The molecule has 0 aliphatic heterocycles. The molecular weight excluding hydrogens is 769 g/mol. The number of hydrogen-bond donors (Lipinski definition) is 0. The summed E-state index contributed by atoms with van der Waals surface area (Å²) in [7, 11) is 0. The molecule has 0 saturated carbocycles. The fourth-order valence-electron chi connectivity index (χ4n) is 6.82. The van der Waals surface area contributed by atoms with E-state index in [0.29, 0.717) is 0 Å². The van der Waals surface area contributed by atoms with E-state index in [2.05, 4.69) is 19.7 Å². The zero-order chi connectivity index (χ0) is 41.7. The summed E-state index contributed by atoms with van der Waals surface area (Å²) in [6.07, 6.45) is 0. The van der Waals surface area contributed by atoms with Crippen molar-refractivity contribution in [1.82, 2.24) is 9.97 Å². The number of fused-ring (bicyclic) bond motifs is 2. The molecule has 16 heteroatoms. The molecule has 0 N–H and O–H groups in total. The van der Waals surface area contributed by atoms with Gasteiger partial charge in [-0.25, -0.2) is 27.3 Å². The van der Waals surface area contributed by atoms with E-state index in [1.54, 1.807) is 6.07 Å². The smallest absolute Gasteiger partial charge is 0.238 e. The lowest BCUT2D eigenvalue weighted by Gasteiger charge is -2.15. The van der Waals surface area contributed by atoms with Gasteiger partial charge in [-0.1, -0.05) is 36.4 Å². The first-order valence-electron chi connectivity index (χ1n) is 16.0. The van der Waals surface area contributed by atoms with Crippen molar-refractivity contribution in [3.8, 4) is 24.3 Å². The summed E-state index contributed by atoms with van der Waals surface area (Å²) in [5, 5.41) is 41.2. The van der Waals surface area contributed by atoms with Crippen LogP contribution in [0.15, 0.2) is 60.7 Å². The molecule has 7 rings (SSSR count). The molecule has 3 aromatic carbocycles. The number of allylic oxidation sites excluding steroid dienone is 7. The highest BCUT2D eigenvalue weighted by atomic mass is 19.2. The average molecular weight is 779 g/mol. The van der Waals surface area contributed by atoms with Crippen molar-refractivity contribution in [2.75, 3.05) is 0 Å². The number of aromatic nitrogens is 2. The Hall–Kier alpha value is -8.70. The highest BCUT2D eigenvalue weighted by Gasteiger charge is 2.40. The molecule has 0 radical (unpaired) electrons. The van der Waals surface area contributed by atoms with Gasteiger partial charge in [-0.15, -0.1) is 0 Å². The highest BCUT2D eigenvalue weighted by molar-refractivity contribution is 6.34. The molecule has 58 heavy (non-hydrogen) atoms. The Kier molecular flexibility index (Phi) is 9.19. The van der Waals surface area contributed by atoms with Gasteiger partial charge in [0, 0.05) is 22.3 Å². The molecule has 0 spiro atoms. The molecule has 0 atom stereocenters. The number of halogens is 8. The van der Waals surface area contributed by atoms with Crippen LogP contribution in [0.4, 0.5) is 40.8 Å². The molecule has 5 aromatic rings. The predicted octanol–water partition coefficient (Wildman–Crippen LogP) is 10.1. The van der Waals surface area contributed by atoms with Crippen LogP contribution in [0.25, 0.3) is 54.4 Å². The van der Waals surface area contributed by atoms with Gasteiger partial charge in [-0.05, 0) is 57.7 Å². The molecule has 274 valence electrons. The summed E-state index contributed by atoms with van der Waals surface area (Å²) in [5.74, 6) is -16.8. The second kappa shape index (κ2) is 14.2. The summed E-state index contributed by atoms with van der Waals surface area (Å²) >= 11 is 0. The van der Waals surface area contributed by atoms with E-state index in [1.165, 1.54) is 48.5 Å². The Balaban J connectivity index is 1.70. The third kappa shape index (κ3) is 5.54. The standard InChI is InChI=1S/C42H10F8N8/c1-55-20-9-7-19(8-10-20)28-25(14-52)21-12-24-22(11-23(21)30(28)27(16-54)32-34(43)39(47)57-40(48)35(32)44)26(15-53)29(18-5-3-17(13-51)4-6-18)31(24)38(56-2)33-36(45)41(49)58-42(50)37(33)46/h3-12H/b30-27-,38-31+. The third-order valence-corrected chi connectivity index (χ3v) is 9.24. The molecule has 2 aliphatic carbocycles. The fourth-order valence-corrected chi connectivity index (χ4v) is 6.82. The Bertz CT molecular complexity index is 2870. The lowest BCUT2D eigenvalue weighted by Crippen LogP contribution is -2.07. The first-order chi connectivity index (χ1) is 27.8. The monoisotopic (exact) mass is 778 g/mol. The van der Waals surface area contributed by atoms with Crippen molar-refractivity contribution in [1.29, 1.82) is 21.0 Å². The molecule has 0 bridgehead atoms. The molecule has 0 saturated heterocycles. The normalized spacial score (nSPS) is 14.4. The molecule has 0 amide bonds. The Morgan fingerprint density at radius 2 is 0.966 bits per heavy atom. The first-order valence-corrected chi connectivity index (χ1v) is 16.0. The Morgan fingerprint density at radius 3 is 1.38 bits per heavy atom. The van der Waals surface area contributed by atoms with Gasteiger partial charge >= 0.3 is 0 Å². The topological polar surface area (TPSA) is 130 Å². The van der Waals surface area contributed by atoms with Gasteiger partial charge in [0.25, 0.3) is 23.8 Å². The highest BCUT2D eigenvalue weighted by Crippen LogP contribution is 2.56. The molecule has 0 fully saturated rings. The summed E-state index contributed by atoms with van der Waals surface area (Å²) in [6.45, 7) is 15.3. The molecule has 2 heterocycles. The predicted molar refractivity (Wildman–Crippen MR) is 189 cm³/mol. The van der Waals surface area contributed by atoms with Crippen LogP contribution in [0.2, 0.25) is 0 Å². The largest absolute Gasteiger partial charge is 0.252 e. The Morgan fingerprint density at radius 1 is 0.534 bits per heavy atom. The van der Waals surface area contributed by atoms with E-state index in [-0.39, 0.29) is 66.9 Å². The van der Waals surface area contributed by atoms with Gasteiger partial charge in [-0.2, -0.15) is 48.6 Å². The van der Waals surface area contributed by atoms with E-state index in [1.807, 2.05) is 18.2 Å². The lowest BCUT2D eigenvalue weighted by atomic mass is 9.88. The van der Waals surface area contributed by atoms with Crippen molar-refractivity contribution in [3.05, 3.63) is 181 Å². The van der Waals surface area contributed by atoms with Crippen LogP contribution in [0.1, 0.15) is 50.1 Å². The fraction of sp³-hybridized carbons (Fsp3) is 0. The van der Waals surface area contributed by atoms with Gasteiger partial charge in [0.05, 0.1) is 52.6 Å². The number of pyridine rings is 2. The minimum absolute atomic E-state index is 0.0378. The van der Waals surface area contributed by atoms with Crippen LogP contribution in [-0.4, -0.2) is 9.97 Å². The quantitative estimate of drug-likeness (QED) is 0.0773. The lowest BCUT2D eigenvalue weighted by molar-refractivity contribution is 0.404. The SMILES string of the molecule is [C-]#[N+]/C(=C1/C(c2ccc(C#N)cc2)=C(C#N)c2cc3c(cc21)C(C#N)=C(c1ccc([N+]#[C-])cc1)/C3=C(/C#N)c1c(F)c(F)nc(F)c1F)c1c(F)c(F)nc(F)c1F. The van der Waals surface area contributed by atoms with Gasteiger partial charge in [0.1, 0.15) is 18.2 Å². The van der Waals surface area contributed by atoms with Crippen LogP contribution in [0.3, 0.4) is 0 Å². The van der Waals surface area contributed by atoms with Crippen LogP contribution >= 0.6 is 0 Å². The van der Waals surface area contributed by atoms with Crippen molar-refractivity contribution in [2.24, 2.45) is 0 Å². The van der Waals surface area contributed by atoms with Crippen LogP contribution < -0.4 is 0 Å². The first kappa shape index (κ1) is 37.6. The average Bonchev–Trinajstić information content (AvgIpc) is 3.72. The van der Waals surface area contributed by atoms with Crippen molar-refractivity contribution >= 4 is 50.4 Å². The van der Waals surface area contributed by atoms with Gasteiger partial charge < -0.3 is 0 Å². The van der Waals surface area contributed by atoms with E-state index in [9.17, 15) is 38.6 Å². The maximum atomic E-state index is 15.4. The van der Waals surface area contributed by atoms with Crippen molar-refractivity contribution < 1.29 is 35.1 Å². The van der Waals surface area contributed by atoms with Crippen LogP contribution in [-0.2, 0) is 0 Å². The summed E-state index contributed by atoms with van der Waals surface area (Å²) in [6, 6.07) is 19.9.